The molecule has 4 rings (SSSR count). The molecule has 0 saturated heterocycles. The summed E-state index contributed by atoms with van der Waals surface area (Å²) in [7, 11) is 0. The summed E-state index contributed by atoms with van der Waals surface area (Å²) in [6.07, 6.45) is 5.07. The molecule has 0 amide bonds. The highest BCUT2D eigenvalue weighted by molar-refractivity contribution is 5.89. The molecule has 0 aliphatic heterocycles. The van der Waals surface area contributed by atoms with Crippen LogP contribution in [0.25, 0.3) is 0 Å². The van der Waals surface area contributed by atoms with Crippen molar-refractivity contribution in [1.29, 1.82) is 0 Å². The van der Waals surface area contributed by atoms with Crippen LogP contribution in [0.4, 0.5) is 0 Å². The molecule has 0 radical (unpaired) electrons. The number of aromatic nitrogens is 1. The normalized spacial score (nSPS) is 15.6. The highest BCUT2D eigenvalue weighted by Crippen LogP contribution is 2.37. The van der Waals surface area contributed by atoms with E-state index in [1.54, 1.807) is 12.1 Å². The quantitative estimate of drug-likeness (QED) is 0.569. The summed E-state index contributed by atoms with van der Waals surface area (Å²) in [4.78, 5) is 15.9. The Morgan fingerprint density at radius 2 is 2.00 bits per heavy atom. The molecule has 4 heteroatoms. The Labute approximate surface area is 171 Å². The number of hydrogen-bond donors (Lipinski definition) is 1. The van der Waals surface area contributed by atoms with Gasteiger partial charge in [-0.15, -0.1) is 0 Å². The number of aryl methyl sites for hydroxylation is 3. The Hall–Kier alpha value is -3.14. The SMILES string of the molecule is Cc1cccc(Oc2ccc3c(c2)CCCC3CCc2ccccc2C(=O)O)n1. The number of fused-ring (bicyclic) bond motifs is 1. The number of rotatable bonds is 6. The van der Waals surface area contributed by atoms with Crippen LogP contribution >= 0.6 is 0 Å². The molecule has 1 N–H and O–H groups in total. The molecule has 0 fully saturated rings. The van der Waals surface area contributed by atoms with Gasteiger partial charge in [0.05, 0.1) is 5.56 Å². The Balaban J connectivity index is 1.49. The average Bonchev–Trinajstić information content (AvgIpc) is 2.72. The molecule has 1 atom stereocenters. The van der Waals surface area contributed by atoms with E-state index in [1.807, 2.05) is 43.3 Å². The lowest BCUT2D eigenvalue weighted by atomic mass is 9.79. The minimum absolute atomic E-state index is 0.415. The molecule has 4 nitrogen and oxygen atoms in total. The van der Waals surface area contributed by atoms with Crippen molar-refractivity contribution >= 4 is 5.97 Å². The zero-order valence-corrected chi connectivity index (χ0v) is 16.6. The molecule has 2 aromatic carbocycles. The monoisotopic (exact) mass is 387 g/mol. The van der Waals surface area contributed by atoms with Crippen LogP contribution in [-0.2, 0) is 12.8 Å². The smallest absolute Gasteiger partial charge is 0.335 e. The van der Waals surface area contributed by atoms with Gasteiger partial charge in [0.2, 0.25) is 5.88 Å². The molecule has 29 heavy (non-hydrogen) atoms. The summed E-state index contributed by atoms with van der Waals surface area (Å²) in [6, 6.07) is 19.4. The maximum Gasteiger partial charge on any atom is 0.335 e. The number of carbonyl (C=O) groups is 1. The zero-order chi connectivity index (χ0) is 20.2. The molecule has 1 aliphatic rings. The predicted molar refractivity (Wildman–Crippen MR) is 113 cm³/mol. The van der Waals surface area contributed by atoms with Gasteiger partial charge in [-0.05, 0) is 85.9 Å². The van der Waals surface area contributed by atoms with Crippen LogP contribution in [0.5, 0.6) is 11.6 Å². The molecular weight excluding hydrogens is 362 g/mol. The summed E-state index contributed by atoms with van der Waals surface area (Å²) in [5, 5.41) is 9.41. The molecule has 0 bridgehead atoms. The third-order valence-corrected chi connectivity index (χ3v) is 5.65. The largest absolute Gasteiger partial charge is 0.478 e. The van der Waals surface area contributed by atoms with Crippen LogP contribution in [0.2, 0.25) is 0 Å². The minimum Gasteiger partial charge on any atom is -0.478 e. The molecule has 1 aromatic heterocycles. The third kappa shape index (κ3) is 4.48. The molecule has 0 spiro atoms. The van der Waals surface area contributed by atoms with Crippen LogP contribution < -0.4 is 4.74 Å². The molecule has 1 heterocycles. The highest BCUT2D eigenvalue weighted by atomic mass is 16.5. The third-order valence-electron chi connectivity index (χ3n) is 5.65. The van der Waals surface area contributed by atoms with Crippen molar-refractivity contribution in [1.82, 2.24) is 4.98 Å². The number of benzene rings is 2. The summed E-state index contributed by atoms with van der Waals surface area (Å²) in [6.45, 7) is 1.95. The number of aromatic carboxylic acids is 1. The molecule has 1 unspecified atom stereocenters. The highest BCUT2D eigenvalue weighted by Gasteiger charge is 2.21. The van der Waals surface area contributed by atoms with Crippen molar-refractivity contribution in [2.24, 2.45) is 0 Å². The van der Waals surface area contributed by atoms with Crippen molar-refractivity contribution in [3.63, 3.8) is 0 Å². The molecular formula is C25H25NO3. The van der Waals surface area contributed by atoms with E-state index in [9.17, 15) is 9.90 Å². The number of hydrogen-bond acceptors (Lipinski definition) is 3. The van der Waals surface area contributed by atoms with E-state index >= 15 is 0 Å². The van der Waals surface area contributed by atoms with Gasteiger partial charge in [0, 0.05) is 11.8 Å². The first-order chi connectivity index (χ1) is 14.1. The Bertz CT molecular complexity index is 1030. The van der Waals surface area contributed by atoms with Crippen molar-refractivity contribution in [2.45, 2.75) is 44.9 Å². The van der Waals surface area contributed by atoms with Crippen LogP contribution in [0.1, 0.15) is 57.9 Å². The second kappa shape index (κ2) is 8.48. The summed E-state index contributed by atoms with van der Waals surface area (Å²) in [5.41, 5.74) is 4.96. The topological polar surface area (TPSA) is 59.4 Å². The van der Waals surface area contributed by atoms with E-state index in [-0.39, 0.29) is 0 Å². The van der Waals surface area contributed by atoms with Gasteiger partial charge in [-0.3, -0.25) is 0 Å². The van der Waals surface area contributed by atoms with Gasteiger partial charge in [-0.2, -0.15) is 0 Å². The van der Waals surface area contributed by atoms with Gasteiger partial charge in [0.15, 0.2) is 0 Å². The maximum atomic E-state index is 11.5. The average molecular weight is 387 g/mol. The van der Waals surface area contributed by atoms with E-state index < -0.39 is 5.97 Å². The van der Waals surface area contributed by atoms with E-state index in [1.165, 1.54) is 11.1 Å². The Morgan fingerprint density at radius 1 is 1.14 bits per heavy atom. The van der Waals surface area contributed by atoms with Crippen LogP contribution in [0.15, 0.2) is 60.7 Å². The Morgan fingerprint density at radius 3 is 2.83 bits per heavy atom. The number of carboxylic acid groups (broad SMARTS) is 1. The van der Waals surface area contributed by atoms with E-state index in [2.05, 4.69) is 17.1 Å². The van der Waals surface area contributed by atoms with Crippen molar-refractivity contribution in [3.05, 3.63) is 88.6 Å². The molecule has 148 valence electrons. The minimum atomic E-state index is -0.851. The first-order valence-corrected chi connectivity index (χ1v) is 10.2. The first kappa shape index (κ1) is 19.2. The fourth-order valence-corrected chi connectivity index (χ4v) is 4.23. The van der Waals surface area contributed by atoms with E-state index in [0.717, 1.165) is 49.1 Å². The van der Waals surface area contributed by atoms with Crippen molar-refractivity contribution in [2.75, 3.05) is 0 Å². The summed E-state index contributed by atoms with van der Waals surface area (Å²) in [5.74, 6) is 1.03. The Kier molecular flexibility index (Phi) is 5.61. The van der Waals surface area contributed by atoms with Crippen molar-refractivity contribution < 1.29 is 14.6 Å². The number of nitrogens with zero attached hydrogens (tertiary/aromatic N) is 1. The lowest BCUT2D eigenvalue weighted by molar-refractivity contribution is 0.0695. The summed E-state index contributed by atoms with van der Waals surface area (Å²) >= 11 is 0. The lowest BCUT2D eigenvalue weighted by Gasteiger charge is -2.26. The van der Waals surface area contributed by atoms with Gasteiger partial charge < -0.3 is 9.84 Å². The molecule has 3 aromatic rings. The number of pyridine rings is 1. The second-order valence-electron chi connectivity index (χ2n) is 7.67. The first-order valence-electron chi connectivity index (χ1n) is 10.2. The van der Waals surface area contributed by atoms with Gasteiger partial charge in [0.1, 0.15) is 5.75 Å². The lowest BCUT2D eigenvalue weighted by Crippen LogP contribution is -2.12. The maximum absolute atomic E-state index is 11.5. The number of carboxylic acids is 1. The van der Waals surface area contributed by atoms with Crippen LogP contribution in [0, 0.1) is 6.92 Å². The molecule has 0 saturated carbocycles. The standard InChI is InChI=1S/C25H25NO3/c1-17-6-4-11-24(26-17)29-21-14-15-22-18(8-5-9-20(22)16-21)12-13-19-7-2-3-10-23(19)25(27)28/h2-4,6-7,10-11,14-16,18H,5,8-9,12-13H2,1H3,(H,27,28). The van der Waals surface area contributed by atoms with Gasteiger partial charge >= 0.3 is 5.97 Å². The van der Waals surface area contributed by atoms with Crippen molar-refractivity contribution in [3.8, 4) is 11.6 Å². The van der Waals surface area contributed by atoms with E-state index in [4.69, 9.17) is 4.74 Å². The summed E-state index contributed by atoms with van der Waals surface area (Å²) < 4.78 is 5.96. The van der Waals surface area contributed by atoms with Gasteiger partial charge in [-0.1, -0.05) is 30.3 Å². The van der Waals surface area contributed by atoms with Crippen LogP contribution in [-0.4, -0.2) is 16.1 Å². The fourth-order valence-electron chi connectivity index (χ4n) is 4.23. The predicted octanol–water partition coefficient (Wildman–Crippen LogP) is 5.93. The fraction of sp³-hybridized carbons (Fsp3) is 0.280. The van der Waals surface area contributed by atoms with E-state index in [0.29, 0.717) is 17.4 Å². The van der Waals surface area contributed by atoms with Gasteiger partial charge in [-0.25, -0.2) is 9.78 Å². The molecule has 1 aliphatic carbocycles. The van der Waals surface area contributed by atoms with Gasteiger partial charge in [0.25, 0.3) is 0 Å². The number of ether oxygens (including phenoxy) is 1. The van der Waals surface area contributed by atoms with Crippen LogP contribution in [0.3, 0.4) is 0 Å². The zero-order valence-electron chi connectivity index (χ0n) is 16.6. The second-order valence-corrected chi connectivity index (χ2v) is 7.67.